The Balaban J connectivity index is 2.02. The van der Waals surface area contributed by atoms with E-state index in [4.69, 9.17) is 11.6 Å². The van der Waals surface area contributed by atoms with Gasteiger partial charge in [0, 0.05) is 36.1 Å². The quantitative estimate of drug-likeness (QED) is 0.703. The molecule has 2 heterocycles. The Morgan fingerprint density at radius 3 is 3.06 bits per heavy atom. The third-order valence-corrected chi connectivity index (χ3v) is 4.23. The Labute approximate surface area is 107 Å². The van der Waals surface area contributed by atoms with Gasteiger partial charge in [0.05, 0.1) is 0 Å². The minimum atomic E-state index is 0.403. The van der Waals surface area contributed by atoms with Crippen LogP contribution in [-0.4, -0.2) is 18.4 Å². The molecule has 3 rings (SSSR count). The first kappa shape index (κ1) is 11.1. The lowest BCUT2D eigenvalue weighted by molar-refractivity contribution is -0.120. The Hall–Kier alpha value is -1.02. The summed E-state index contributed by atoms with van der Waals surface area (Å²) in [6, 6.07) is 6.54. The number of hydrogen-bond acceptors (Lipinski definition) is 2. The molecule has 0 radical (unpaired) electrons. The van der Waals surface area contributed by atoms with Gasteiger partial charge in [0.1, 0.15) is 5.78 Å². The molecule has 0 unspecified atom stereocenters. The van der Waals surface area contributed by atoms with Crippen molar-refractivity contribution < 1.29 is 4.79 Å². The van der Waals surface area contributed by atoms with E-state index in [1.54, 1.807) is 0 Å². The second-order valence-electron chi connectivity index (χ2n) is 5.18. The van der Waals surface area contributed by atoms with Gasteiger partial charge in [-0.1, -0.05) is 18.5 Å². The molecule has 0 N–H and O–H groups in total. The Kier molecular flexibility index (Phi) is 2.62. The summed E-state index contributed by atoms with van der Waals surface area (Å²) in [7, 11) is 0. The predicted octanol–water partition coefficient (Wildman–Crippen LogP) is 3.39. The van der Waals surface area contributed by atoms with E-state index in [2.05, 4.69) is 24.0 Å². The van der Waals surface area contributed by atoms with Crippen LogP contribution < -0.4 is 4.90 Å². The molecule has 0 spiro atoms. The van der Waals surface area contributed by atoms with Gasteiger partial charge in [0.15, 0.2) is 0 Å². The van der Waals surface area contributed by atoms with E-state index in [0.717, 1.165) is 18.0 Å². The number of carbonyl (C=O) groups excluding carboxylic acids is 1. The standard InChI is InChI=1S/C14H16ClNO/c1-9-6-11-8-12(17)4-5-16(11)14-3-2-10(15)7-13(9)14/h2-3,7,9,11H,4-6,8H2,1H3/t9-,11+/m1/s1. The van der Waals surface area contributed by atoms with Crippen molar-refractivity contribution >= 4 is 23.1 Å². The first-order valence-corrected chi connectivity index (χ1v) is 6.61. The second-order valence-corrected chi connectivity index (χ2v) is 5.62. The molecule has 1 saturated heterocycles. The fourth-order valence-corrected chi connectivity index (χ4v) is 3.33. The van der Waals surface area contributed by atoms with E-state index in [9.17, 15) is 4.79 Å². The predicted molar refractivity (Wildman–Crippen MR) is 69.9 cm³/mol. The van der Waals surface area contributed by atoms with Crippen LogP contribution in [0.1, 0.15) is 37.7 Å². The zero-order valence-electron chi connectivity index (χ0n) is 9.95. The van der Waals surface area contributed by atoms with Crippen molar-refractivity contribution in [2.45, 2.75) is 38.1 Å². The molecular formula is C14H16ClNO. The number of carbonyl (C=O) groups is 1. The zero-order valence-corrected chi connectivity index (χ0v) is 10.7. The number of Topliss-reactive ketones (excluding diaryl/α,β-unsaturated/α-hetero) is 1. The molecule has 90 valence electrons. The van der Waals surface area contributed by atoms with Crippen LogP contribution >= 0.6 is 11.6 Å². The summed E-state index contributed by atoms with van der Waals surface area (Å²) in [6.45, 7) is 3.09. The number of anilines is 1. The first-order chi connectivity index (χ1) is 8.15. The summed E-state index contributed by atoms with van der Waals surface area (Å²) >= 11 is 6.07. The average Bonchev–Trinajstić information content (AvgIpc) is 2.29. The summed E-state index contributed by atoms with van der Waals surface area (Å²) in [4.78, 5) is 13.9. The first-order valence-electron chi connectivity index (χ1n) is 6.23. The van der Waals surface area contributed by atoms with Gasteiger partial charge in [-0.15, -0.1) is 0 Å². The summed E-state index contributed by atoms with van der Waals surface area (Å²) in [5, 5.41) is 0.808. The average molecular weight is 250 g/mol. The molecule has 1 aromatic carbocycles. The summed E-state index contributed by atoms with van der Waals surface area (Å²) < 4.78 is 0. The van der Waals surface area contributed by atoms with Crippen LogP contribution in [0.15, 0.2) is 18.2 Å². The van der Waals surface area contributed by atoms with E-state index >= 15 is 0 Å². The molecule has 17 heavy (non-hydrogen) atoms. The lowest BCUT2D eigenvalue weighted by Gasteiger charge is -2.44. The molecule has 0 amide bonds. The van der Waals surface area contributed by atoms with Crippen LogP contribution in [0.5, 0.6) is 0 Å². The van der Waals surface area contributed by atoms with Gasteiger partial charge >= 0.3 is 0 Å². The summed E-state index contributed by atoms with van der Waals surface area (Å²) in [5.41, 5.74) is 2.62. The largest absolute Gasteiger partial charge is 0.367 e. The third kappa shape index (κ3) is 1.85. The number of ketones is 1. The molecule has 1 fully saturated rings. The van der Waals surface area contributed by atoms with Crippen molar-refractivity contribution in [2.24, 2.45) is 0 Å². The van der Waals surface area contributed by atoms with E-state index in [-0.39, 0.29) is 0 Å². The van der Waals surface area contributed by atoms with Crippen molar-refractivity contribution in [1.29, 1.82) is 0 Å². The van der Waals surface area contributed by atoms with E-state index < -0.39 is 0 Å². The van der Waals surface area contributed by atoms with Gasteiger partial charge in [-0.05, 0) is 36.1 Å². The Morgan fingerprint density at radius 1 is 1.41 bits per heavy atom. The monoisotopic (exact) mass is 249 g/mol. The highest BCUT2D eigenvalue weighted by Crippen LogP contribution is 2.41. The van der Waals surface area contributed by atoms with Crippen molar-refractivity contribution in [2.75, 3.05) is 11.4 Å². The minimum absolute atomic E-state index is 0.403. The number of nitrogens with zero attached hydrogens (tertiary/aromatic N) is 1. The summed E-state index contributed by atoms with van der Waals surface area (Å²) in [5.74, 6) is 0.909. The molecule has 0 aliphatic carbocycles. The van der Waals surface area contributed by atoms with Crippen LogP contribution in [0.3, 0.4) is 0 Å². The fourth-order valence-electron chi connectivity index (χ4n) is 3.15. The van der Waals surface area contributed by atoms with Crippen LogP contribution in [0.2, 0.25) is 5.02 Å². The Morgan fingerprint density at radius 2 is 2.24 bits per heavy atom. The molecular weight excluding hydrogens is 234 g/mol. The molecule has 0 bridgehead atoms. The van der Waals surface area contributed by atoms with Gasteiger partial charge in [-0.2, -0.15) is 0 Å². The topological polar surface area (TPSA) is 20.3 Å². The molecule has 0 saturated carbocycles. The van der Waals surface area contributed by atoms with Gasteiger partial charge in [0.2, 0.25) is 0 Å². The fraction of sp³-hybridized carbons (Fsp3) is 0.500. The maximum Gasteiger partial charge on any atom is 0.136 e. The van der Waals surface area contributed by atoms with Gasteiger partial charge in [-0.3, -0.25) is 4.79 Å². The highest BCUT2D eigenvalue weighted by Gasteiger charge is 2.34. The van der Waals surface area contributed by atoms with Crippen molar-refractivity contribution in [3.63, 3.8) is 0 Å². The highest BCUT2D eigenvalue weighted by molar-refractivity contribution is 6.30. The van der Waals surface area contributed by atoms with Crippen LogP contribution in [-0.2, 0) is 4.79 Å². The third-order valence-electron chi connectivity index (χ3n) is 3.99. The van der Waals surface area contributed by atoms with Crippen molar-refractivity contribution in [1.82, 2.24) is 0 Å². The molecule has 3 heteroatoms. The number of piperidine rings is 1. The highest BCUT2D eigenvalue weighted by atomic mass is 35.5. The number of fused-ring (bicyclic) bond motifs is 3. The normalized spacial score (nSPS) is 27.6. The minimum Gasteiger partial charge on any atom is -0.367 e. The van der Waals surface area contributed by atoms with Crippen LogP contribution in [0.25, 0.3) is 0 Å². The molecule has 2 nitrogen and oxygen atoms in total. The van der Waals surface area contributed by atoms with Crippen molar-refractivity contribution in [3.05, 3.63) is 28.8 Å². The second kappa shape index (κ2) is 4.02. The lowest BCUT2D eigenvalue weighted by atomic mass is 9.83. The molecule has 2 aliphatic rings. The van der Waals surface area contributed by atoms with Gasteiger partial charge < -0.3 is 4.90 Å². The number of halogens is 1. The number of rotatable bonds is 0. The lowest BCUT2D eigenvalue weighted by Crippen LogP contribution is -2.46. The smallest absolute Gasteiger partial charge is 0.136 e. The van der Waals surface area contributed by atoms with Crippen LogP contribution in [0.4, 0.5) is 5.69 Å². The van der Waals surface area contributed by atoms with E-state index in [0.29, 0.717) is 30.6 Å². The maximum atomic E-state index is 11.5. The number of hydrogen-bond donors (Lipinski definition) is 0. The molecule has 2 aliphatic heterocycles. The Bertz CT molecular complexity index is 471. The molecule has 2 atom stereocenters. The van der Waals surface area contributed by atoms with E-state index in [1.165, 1.54) is 11.3 Å². The van der Waals surface area contributed by atoms with Crippen LogP contribution in [0, 0.1) is 0 Å². The molecule has 1 aromatic rings. The number of benzene rings is 1. The maximum absolute atomic E-state index is 11.5. The SMILES string of the molecule is C[C@@H]1C[C@H]2CC(=O)CCN2c2ccc(Cl)cc21. The summed E-state index contributed by atoms with van der Waals surface area (Å²) in [6.07, 6.45) is 2.47. The van der Waals surface area contributed by atoms with Gasteiger partial charge in [0.25, 0.3) is 0 Å². The van der Waals surface area contributed by atoms with Gasteiger partial charge in [-0.25, -0.2) is 0 Å². The molecule has 0 aromatic heterocycles. The van der Waals surface area contributed by atoms with Crippen molar-refractivity contribution in [3.8, 4) is 0 Å². The zero-order chi connectivity index (χ0) is 12.0. The van der Waals surface area contributed by atoms with E-state index in [1.807, 2.05) is 6.07 Å².